The van der Waals surface area contributed by atoms with Crippen LogP contribution in [0, 0.1) is 5.41 Å². The van der Waals surface area contributed by atoms with Crippen molar-refractivity contribution < 1.29 is 4.79 Å². The van der Waals surface area contributed by atoms with Crippen LogP contribution in [-0.4, -0.2) is 27.8 Å². The SMILES string of the molecule is CC1CC(C)(C)Cc2c1sc1nc(SCC(=O)N3CCc4ccccc43)n(-c3ccccc3)c(=O)c21. The van der Waals surface area contributed by atoms with Crippen molar-refractivity contribution >= 4 is 44.9 Å². The Morgan fingerprint density at radius 1 is 1.14 bits per heavy atom. The van der Waals surface area contributed by atoms with Gasteiger partial charge < -0.3 is 4.90 Å². The Kier molecular flexibility index (Phi) is 5.80. The highest BCUT2D eigenvalue weighted by Crippen LogP contribution is 2.47. The third-order valence-electron chi connectivity index (χ3n) is 7.31. The van der Waals surface area contributed by atoms with E-state index in [2.05, 4.69) is 26.8 Å². The first kappa shape index (κ1) is 23.5. The standard InChI is InChI=1S/C29H29N3O2S2/c1-18-15-29(2,3)16-21-24-26(36-25(18)21)30-28(32(27(24)34)20-10-5-4-6-11-20)35-17-23(33)31-14-13-19-9-7-8-12-22(19)31/h4-12,18H,13-17H2,1-3H3. The van der Waals surface area contributed by atoms with Gasteiger partial charge in [-0.3, -0.25) is 14.2 Å². The summed E-state index contributed by atoms with van der Waals surface area (Å²) in [5.74, 6) is 0.674. The zero-order chi connectivity index (χ0) is 25.0. The van der Waals surface area contributed by atoms with Gasteiger partial charge in [0.25, 0.3) is 5.56 Å². The highest BCUT2D eigenvalue weighted by Gasteiger charge is 2.35. The average Bonchev–Trinajstić information content (AvgIpc) is 3.44. The number of carbonyl (C=O) groups excluding carboxylic acids is 1. The Morgan fingerprint density at radius 3 is 2.69 bits per heavy atom. The quantitative estimate of drug-likeness (QED) is 0.240. The van der Waals surface area contributed by atoms with E-state index < -0.39 is 0 Å². The predicted octanol–water partition coefficient (Wildman–Crippen LogP) is 6.20. The summed E-state index contributed by atoms with van der Waals surface area (Å²) in [5.41, 5.74) is 4.27. The number of hydrogen-bond donors (Lipinski definition) is 0. The van der Waals surface area contributed by atoms with E-state index in [4.69, 9.17) is 4.98 Å². The number of benzene rings is 2. The Bertz CT molecular complexity index is 1540. The molecule has 6 rings (SSSR count). The third kappa shape index (κ3) is 3.98. The fourth-order valence-electron chi connectivity index (χ4n) is 5.85. The van der Waals surface area contributed by atoms with Crippen LogP contribution in [-0.2, 0) is 17.6 Å². The summed E-state index contributed by atoms with van der Waals surface area (Å²) in [4.78, 5) is 36.3. The van der Waals surface area contributed by atoms with Crippen molar-refractivity contribution in [3.8, 4) is 5.69 Å². The fourth-order valence-corrected chi connectivity index (χ4v) is 8.03. The van der Waals surface area contributed by atoms with Gasteiger partial charge >= 0.3 is 0 Å². The molecule has 2 aliphatic rings. The largest absolute Gasteiger partial charge is 0.311 e. The van der Waals surface area contributed by atoms with E-state index in [0.29, 0.717) is 17.6 Å². The molecule has 0 radical (unpaired) electrons. The zero-order valence-electron chi connectivity index (χ0n) is 20.8. The number of nitrogens with zero attached hydrogens (tertiary/aromatic N) is 3. The molecular formula is C29H29N3O2S2. The van der Waals surface area contributed by atoms with Crippen LogP contribution in [0.25, 0.3) is 15.9 Å². The van der Waals surface area contributed by atoms with Crippen molar-refractivity contribution in [3.05, 3.63) is 81.0 Å². The molecule has 1 unspecified atom stereocenters. The zero-order valence-corrected chi connectivity index (χ0v) is 22.4. The van der Waals surface area contributed by atoms with Crippen LogP contribution in [0.3, 0.4) is 0 Å². The average molecular weight is 516 g/mol. The molecule has 0 saturated carbocycles. The number of hydrogen-bond acceptors (Lipinski definition) is 5. The molecule has 5 nitrogen and oxygen atoms in total. The predicted molar refractivity (Wildman–Crippen MR) is 149 cm³/mol. The van der Waals surface area contributed by atoms with Crippen LogP contribution in [0.2, 0.25) is 0 Å². The maximum atomic E-state index is 14.1. The lowest BCUT2D eigenvalue weighted by Gasteiger charge is -2.33. The van der Waals surface area contributed by atoms with E-state index in [-0.39, 0.29) is 22.6 Å². The molecule has 3 heterocycles. The highest BCUT2D eigenvalue weighted by atomic mass is 32.2. The van der Waals surface area contributed by atoms with Crippen LogP contribution < -0.4 is 10.5 Å². The molecule has 1 amide bonds. The first-order chi connectivity index (χ1) is 17.3. The van der Waals surface area contributed by atoms with Crippen molar-refractivity contribution in [2.45, 2.75) is 51.1 Å². The summed E-state index contributed by atoms with van der Waals surface area (Å²) in [6, 6.07) is 17.8. The molecule has 7 heteroatoms. The number of aromatic nitrogens is 2. The number of rotatable bonds is 4. The lowest BCUT2D eigenvalue weighted by molar-refractivity contribution is -0.116. The Balaban J connectivity index is 1.42. The second kappa shape index (κ2) is 8.89. The molecule has 0 N–H and O–H groups in total. The van der Waals surface area contributed by atoms with Crippen molar-refractivity contribution in [2.24, 2.45) is 5.41 Å². The molecule has 2 aromatic heterocycles. The minimum Gasteiger partial charge on any atom is -0.311 e. The van der Waals surface area contributed by atoms with E-state index in [0.717, 1.165) is 40.9 Å². The third-order valence-corrected chi connectivity index (χ3v) is 9.59. The van der Waals surface area contributed by atoms with Crippen molar-refractivity contribution in [1.82, 2.24) is 9.55 Å². The number of fused-ring (bicyclic) bond motifs is 4. The molecule has 1 aliphatic carbocycles. The summed E-state index contributed by atoms with van der Waals surface area (Å²) in [5, 5.41) is 1.33. The first-order valence-electron chi connectivity index (χ1n) is 12.5. The second-order valence-electron chi connectivity index (χ2n) is 10.7. The molecule has 0 bridgehead atoms. The van der Waals surface area contributed by atoms with Gasteiger partial charge in [0.2, 0.25) is 5.91 Å². The van der Waals surface area contributed by atoms with E-state index in [1.54, 1.807) is 15.9 Å². The van der Waals surface area contributed by atoms with Gasteiger partial charge in [-0.2, -0.15) is 0 Å². The highest BCUT2D eigenvalue weighted by molar-refractivity contribution is 7.99. The molecule has 2 aromatic carbocycles. The van der Waals surface area contributed by atoms with Gasteiger partial charge in [0.05, 0.1) is 16.8 Å². The smallest absolute Gasteiger partial charge is 0.267 e. The van der Waals surface area contributed by atoms with Gasteiger partial charge in [-0.05, 0) is 59.9 Å². The van der Waals surface area contributed by atoms with Crippen LogP contribution in [0.15, 0.2) is 64.5 Å². The van der Waals surface area contributed by atoms with Gasteiger partial charge in [-0.25, -0.2) is 4.98 Å². The van der Waals surface area contributed by atoms with Gasteiger partial charge in [-0.15, -0.1) is 11.3 Å². The normalized spacial score (nSPS) is 18.3. The van der Waals surface area contributed by atoms with E-state index in [1.165, 1.54) is 27.8 Å². The summed E-state index contributed by atoms with van der Waals surface area (Å²) in [6.45, 7) is 7.52. The minimum atomic E-state index is -0.0323. The Hall–Kier alpha value is -2.90. The molecule has 0 saturated heterocycles. The van der Waals surface area contributed by atoms with Crippen LogP contribution in [0.4, 0.5) is 5.69 Å². The molecule has 0 spiro atoms. The monoisotopic (exact) mass is 515 g/mol. The maximum Gasteiger partial charge on any atom is 0.267 e. The molecule has 1 atom stereocenters. The lowest BCUT2D eigenvalue weighted by Crippen LogP contribution is -2.31. The van der Waals surface area contributed by atoms with Gasteiger partial charge in [0.1, 0.15) is 4.83 Å². The molecule has 4 aromatic rings. The van der Waals surface area contributed by atoms with E-state index >= 15 is 0 Å². The summed E-state index contributed by atoms with van der Waals surface area (Å²) < 4.78 is 1.71. The molecule has 36 heavy (non-hydrogen) atoms. The molecular weight excluding hydrogens is 486 g/mol. The summed E-state index contributed by atoms with van der Waals surface area (Å²) >= 11 is 3.01. The topological polar surface area (TPSA) is 55.2 Å². The number of para-hydroxylation sites is 2. The minimum absolute atomic E-state index is 0.0323. The second-order valence-corrected chi connectivity index (χ2v) is 12.6. The van der Waals surface area contributed by atoms with Crippen LogP contribution >= 0.6 is 23.1 Å². The lowest BCUT2D eigenvalue weighted by atomic mass is 9.72. The Labute approximate surface area is 219 Å². The van der Waals surface area contributed by atoms with Crippen molar-refractivity contribution in [2.75, 3.05) is 17.2 Å². The summed E-state index contributed by atoms with van der Waals surface area (Å²) in [7, 11) is 0. The Morgan fingerprint density at radius 2 is 1.89 bits per heavy atom. The number of anilines is 1. The van der Waals surface area contributed by atoms with Crippen molar-refractivity contribution in [3.63, 3.8) is 0 Å². The maximum absolute atomic E-state index is 14.1. The van der Waals surface area contributed by atoms with E-state index in [9.17, 15) is 9.59 Å². The fraction of sp³-hybridized carbons (Fsp3) is 0.345. The van der Waals surface area contributed by atoms with Crippen molar-refractivity contribution in [1.29, 1.82) is 0 Å². The first-order valence-corrected chi connectivity index (χ1v) is 14.3. The van der Waals surface area contributed by atoms with Gasteiger partial charge in [0.15, 0.2) is 5.16 Å². The number of amides is 1. The molecule has 1 aliphatic heterocycles. The van der Waals surface area contributed by atoms with E-state index in [1.807, 2.05) is 53.4 Å². The number of thioether (sulfide) groups is 1. The molecule has 184 valence electrons. The van der Waals surface area contributed by atoms with Gasteiger partial charge in [0, 0.05) is 17.1 Å². The van der Waals surface area contributed by atoms with Gasteiger partial charge in [-0.1, -0.05) is 68.9 Å². The summed E-state index contributed by atoms with van der Waals surface area (Å²) in [6.07, 6.45) is 2.87. The molecule has 0 fully saturated rings. The van der Waals surface area contributed by atoms with Crippen LogP contribution in [0.1, 0.15) is 49.1 Å². The number of carbonyl (C=O) groups is 1. The number of thiophene rings is 1. The van der Waals surface area contributed by atoms with Crippen LogP contribution in [0.5, 0.6) is 0 Å².